The molecule has 2 unspecified atom stereocenters. The van der Waals surface area contributed by atoms with Gasteiger partial charge in [0.05, 0.1) is 35.8 Å². The van der Waals surface area contributed by atoms with Crippen molar-refractivity contribution in [2.24, 2.45) is 0 Å². The van der Waals surface area contributed by atoms with Crippen LogP contribution in [0.25, 0.3) is 0 Å². The molecule has 13 heteroatoms. The zero-order chi connectivity index (χ0) is 27.6. The van der Waals surface area contributed by atoms with Gasteiger partial charge >= 0.3 is 6.09 Å². The molecule has 2 aliphatic rings. The number of nitrogens with zero attached hydrogens (tertiary/aromatic N) is 2. The lowest BCUT2D eigenvalue weighted by Gasteiger charge is -2.34. The lowest BCUT2D eigenvalue weighted by Crippen LogP contribution is -2.48. The molecule has 3 heterocycles. The SMILES string of the molecule is CCOC(=O)N1CCc2c(sc(NC(=O)c3ccc(S(=O)(=O)N4CC(C)OC(C)C4)cc3)c2C(=O)NC)C1. The number of carbonyl (C=O) groups excluding carboxylic acids is 3. The second-order valence-corrected chi connectivity index (χ2v) is 12.3. The van der Waals surface area contributed by atoms with E-state index < -0.39 is 22.0 Å². The number of fused-ring (bicyclic) bond motifs is 1. The van der Waals surface area contributed by atoms with Crippen molar-refractivity contribution in [3.63, 3.8) is 0 Å². The van der Waals surface area contributed by atoms with E-state index in [4.69, 9.17) is 9.47 Å². The molecule has 0 radical (unpaired) electrons. The molecule has 0 spiro atoms. The van der Waals surface area contributed by atoms with Crippen LogP contribution in [0.1, 0.15) is 51.9 Å². The molecule has 2 atom stereocenters. The molecule has 2 N–H and O–H groups in total. The van der Waals surface area contributed by atoms with Crippen molar-refractivity contribution in [3.05, 3.63) is 45.8 Å². The van der Waals surface area contributed by atoms with Crippen molar-refractivity contribution in [1.29, 1.82) is 0 Å². The lowest BCUT2D eigenvalue weighted by molar-refractivity contribution is -0.0440. The summed E-state index contributed by atoms with van der Waals surface area (Å²) >= 11 is 1.24. The summed E-state index contributed by atoms with van der Waals surface area (Å²) in [5, 5.41) is 5.80. The van der Waals surface area contributed by atoms with E-state index in [0.29, 0.717) is 23.5 Å². The number of benzene rings is 1. The van der Waals surface area contributed by atoms with Crippen molar-refractivity contribution in [2.75, 3.05) is 38.6 Å². The van der Waals surface area contributed by atoms with E-state index >= 15 is 0 Å². The van der Waals surface area contributed by atoms with E-state index in [1.165, 1.54) is 47.0 Å². The quantitative estimate of drug-likeness (QED) is 0.551. The molecular formula is C25H32N4O7S2. The fraction of sp³-hybridized carbons (Fsp3) is 0.480. The van der Waals surface area contributed by atoms with Gasteiger partial charge in [-0.05, 0) is 57.0 Å². The largest absolute Gasteiger partial charge is 0.450 e. The molecule has 4 rings (SSSR count). The van der Waals surface area contributed by atoms with Gasteiger partial charge in [0.15, 0.2) is 0 Å². The highest BCUT2D eigenvalue weighted by molar-refractivity contribution is 7.89. The number of amides is 3. The van der Waals surface area contributed by atoms with E-state index in [1.54, 1.807) is 11.8 Å². The highest BCUT2D eigenvalue weighted by atomic mass is 32.2. The number of thiophene rings is 1. The Balaban J connectivity index is 1.54. The first-order valence-corrected chi connectivity index (χ1v) is 14.7. The van der Waals surface area contributed by atoms with Crippen LogP contribution in [0.15, 0.2) is 29.2 Å². The molecule has 1 aromatic heterocycles. The Morgan fingerprint density at radius 1 is 1.11 bits per heavy atom. The molecule has 38 heavy (non-hydrogen) atoms. The number of hydrogen-bond acceptors (Lipinski definition) is 8. The molecule has 2 aliphatic heterocycles. The molecule has 1 aromatic carbocycles. The highest BCUT2D eigenvalue weighted by Crippen LogP contribution is 2.37. The summed E-state index contributed by atoms with van der Waals surface area (Å²) in [6.45, 7) is 6.86. The van der Waals surface area contributed by atoms with Crippen LogP contribution in [-0.2, 0) is 32.5 Å². The van der Waals surface area contributed by atoms with Crippen LogP contribution in [0.4, 0.5) is 9.80 Å². The lowest BCUT2D eigenvalue weighted by atomic mass is 10.0. The van der Waals surface area contributed by atoms with Gasteiger partial charge in [-0.25, -0.2) is 13.2 Å². The Morgan fingerprint density at radius 3 is 2.37 bits per heavy atom. The standard InChI is InChI=1S/C25H32N4O7S2/c1-5-35-25(32)28-11-10-19-20(14-28)37-24(21(19)23(31)26-4)27-22(30)17-6-8-18(9-7-17)38(33,34)29-12-15(2)36-16(3)13-29/h6-9,15-16H,5,10-14H2,1-4H3,(H,26,31)(H,27,30). The molecule has 1 fully saturated rings. The second-order valence-electron chi connectivity index (χ2n) is 9.22. The predicted molar refractivity (Wildman–Crippen MR) is 142 cm³/mol. The minimum Gasteiger partial charge on any atom is -0.450 e. The Bertz CT molecular complexity index is 1310. The van der Waals surface area contributed by atoms with Crippen LogP contribution in [0.5, 0.6) is 0 Å². The molecule has 11 nitrogen and oxygen atoms in total. The van der Waals surface area contributed by atoms with Crippen molar-refractivity contribution in [2.45, 2.75) is 50.8 Å². The zero-order valence-electron chi connectivity index (χ0n) is 21.8. The molecule has 0 aliphatic carbocycles. The maximum atomic E-state index is 13.1. The fourth-order valence-electron chi connectivity index (χ4n) is 4.66. The minimum absolute atomic E-state index is 0.0899. The monoisotopic (exact) mass is 564 g/mol. The summed E-state index contributed by atoms with van der Waals surface area (Å²) in [5.41, 5.74) is 1.41. The zero-order valence-corrected chi connectivity index (χ0v) is 23.4. The van der Waals surface area contributed by atoms with Crippen LogP contribution >= 0.6 is 11.3 Å². The van der Waals surface area contributed by atoms with Crippen molar-refractivity contribution >= 4 is 44.3 Å². The second kappa shape index (κ2) is 11.4. The number of sulfonamides is 1. The van der Waals surface area contributed by atoms with Gasteiger partial charge in [0.2, 0.25) is 10.0 Å². The first-order valence-electron chi connectivity index (χ1n) is 12.4. The summed E-state index contributed by atoms with van der Waals surface area (Å²) in [6, 6.07) is 5.72. The number of morpholine rings is 1. The smallest absolute Gasteiger partial charge is 0.410 e. The maximum absolute atomic E-state index is 13.1. The molecule has 3 amide bonds. The van der Waals surface area contributed by atoms with Crippen LogP contribution < -0.4 is 10.6 Å². The highest BCUT2D eigenvalue weighted by Gasteiger charge is 2.33. The predicted octanol–water partition coefficient (Wildman–Crippen LogP) is 2.67. The molecule has 206 valence electrons. The number of rotatable bonds is 6. The van der Waals surface area contributed by atoms with E-state index in [0.717, 1.165) is 10.4 Å². The molecular weight excluding hydrogens is 532 g/mol. The average molecular weight is 565 g/mol. The van der Waals surface area contributed by atoms with Gasteiger partial charge in [0.1, 0.15) is 5.00 Å². The van der Waals surface area contributed by atoms with Crippen molar-refractivity contribution in [1.82, 2.24) is 14.5 Å². The summed E-state index contributed by atoms with van der Waals surface area (Å²) in [5.74, 6) is -0.814. The van der Waals surface area contributed by atoms with Gasteiger partial charge in [-0.2, -0.15) is 4.31 Å². The van der Waals surface area contributed by atoms with Gasteiger partial charge in [-0.3, -0.25) is 9.59 Å². The summed E-state index contributed by atoms with van der Waals surface area (Å²) < 4.78 is 38.4. The van der Waals surface area contributed by atoms with Crippen molar-refractivity contribution < 1.29 is 32.3 Å². The third-order valence-corrected chi connectivity index (χ3v) is 9.38. The normalized spacial score (nSPS) is 19.9. The topological polar surface area (TPSA) is 134 Å². The van der Waals surface area contributed by atoms with Gasteiger partial charge in [-0.15, -0.1) is 11.3 Å². The van der Waals surface area contributed by atoms with Crippen LogP contribution in [-0.4, -0.2) is 81.0 Å². The van der Waals surface area contributed by atoms with Crippen LogP contribution in [0.2, 0.25) is 0 Å². The first-order chi connectivity index (χ1) is 18.0. The third kappa shape index (κ3) is 5.70. The molecule has 1 saturated heterocycles. The summed E-state index contributed by atoms with van der Waals surface area (Å²) in [6.07, 6.45) is -0.396. The Hall–Kier alpha value is -3.00. The molecule has 0 saturated carbocycles. The van der Waals surface area contributed by atoms with Gasteiger partial charge in [0.25, 0.3) is 11.8 Å². The summed E-state index contributed by atoms with van der Waals surface area (Å²) in [7, 11) is -2.23. The van der Waals surface area contributed by atoms with Crippen LogP contribution in [0, 0.1) is 0 Å². The van der Waals surface area contributed by atoms with Gasteiger partial charge < -0.3 is 25.0 Å². The van der Waals surface area contributed by atoms with E-state index in [9.17, 15) is 22.8 Å². The maximum Gasteiger partial charge on any atom is 0.410 e. The number of hydrogen-bond donors (Lipinski definition) is 2. The van der Waals surface area contributed by atoms with E-state index in [1.807, 2.05) is 13.8 Å². The van der Waals surface area contributed by atoms with Gasteiger partial charge in [-0.1, -0.05) is 0 Å². The van der Waals surface area contributed by atoms with Gasteiger partial charge in [0, 0.05) is 37.1 Å². The number of carbonyl (C=O) groups is 3. The molecule has 2 aromatic rings. The van der Waals surface area contributed by atoms with E-state index in [-0.39, 0.29) is 54.8 Å². The number of anilines is 1. The third-order valence-electron chi connectivity index (χ3n) is 6.40. The van der Waals surface area contributed by atoms with Crippen LogP contribution in [0.3, 0.4) is 0 Å². The van der Waals surface area contributed by atoms with E-state index in [2.05, 4.69) is 10.6 Å². The average Bonchev–Trinajstić information content (AvgIpc) is 3.24. The fourth-order valence-corrected chi connectivity index (χ4v) is 7.50. The first kappa shape index (κ1) is 28.0. The Labute approximate surface area is 226 Å². The Kier molecular flexibility index (Phi) is 8.40. The summed E-state index contributed by atoms with van der Waals surface area (Å²) in [4.78, 5) is 40.5. The molecule has 0 bridgehead atoms. The van der Waals surface area contributed by atoms with Crippen molar-refractivity contribution in [3.8, 4) is 0 Å². The number of ether oxygens (including phenoxy) is 2. The Morgan fingerprint density at radius 2 is 1.76 bits per heavy atom. The number of nitrogens with one attached hydrogen (secondary N) is 2. The minimum atomic E-state index is -3.74.